The maximum absolute atomic E-state index is 11.0. The molecule has 0 saturated heterocycles. The largest absolute Gasteiger partial charge is 0.508 e. The number of hydrogen-bond donors (Lipinski definition) is 2. The molecule has 0 aliphatic heterocycles. The van der Waals surface area contributed by atoms with E-state index in [1.54, 1.807) is 6.92 Å². The Labute approximate surface area is 81.8 Å². The van der Waals surface area contributed by atoms with Crippen LogP contribution in [0, 0.1) is 0 Å². The summed E-state index contributed by atoms with van der Waals surface area (Å²) in [6, 6.07) is 4.03. The zero-order chi connectivity index (χ0) is 10.6. The minimum atomic E-state index is -0.377. The van der Waals surface area contributed by atoms with Crippen LogP contribution in [0.1, 0.15) is 12.5 Å². The van der Waals surface area contributed by atoms with Crippen LogP contribution in [0.5, 0.6) is 11.5 Å². The zero-order valence-corrected chi connectivity index (χ0v) is 7.86. The number of hydrogen-bond acceptors (Lipinski definition) is 4. The summed E-state index contributed by atoms with van der Waals surface area (Å²) in [5.74, 6) is -0.508. The van der Waals surface area contributed by atoms with E-state index in [2.05, 4.69) is 0 Å². The van der Waals surface area contributed by atoms with E-state index in [0.717, 1.165) is 0 Å². The van der Waals surface area contributed by atoms with Crippen LogP contribution < -0.4 is 0 Å². The van der Waals surface area contributed by atoms with Gasteiger partial charge in [0.2, 0.25) is 0 Å². The van der Waals surface area contributed by atoms with Crippen LogP contribution in [0.25, 0.3) is 0 Å². The molecule has 0 aliphatic carbocycles. The predicted molar refractivity (Wildman–Crippen MR) is 50.1 cm³/mol. The second-order valence-corrected chi connectivity index (χ2v) is 2.84. The fourth-order valence-corrected chi connectivity index (χ4v) is 1.14. The van der Waals surface area contributed by atoms with Gasteiger partial charge in [0.05, 0.1) is 13.0 Å². The Morgan fingerprint density at radius 1 is 1.29 bits per heavy atom. The average molecular weight is 196 g/mol. The summed E-state index contributed by atoms with van der Waals surface area (Å²) >= 11 is 0. The summed E-state index contributed by atoms with van der Waals surface area (Å²) < 4.78 is 4.72. The highest BCUT2D eigenvalue weighted by molar-refractivity contribution is 5.72. The van der Waals surface area contributed by atoms with Crippen molar-refractivity contribution in [2.75, 3.05) is 6.61 Å². The molecule has 4 heteroatoms. The van der Waals surface area contributed by atoms with Crippen molar-refractivity contribution in [1.29, 1.82) is 0 Å². The molecule has 14 heavy (non-hydrogen) atoms. The Kier molecular flexibility index (Phi) is 3.34. The van der Waals surface area contributed by atoms with Gasteiger partial charge in [-0.15, -0.1) is 0 Å². The van der Waals surface area contributed by atoms with Crippen LogP contribution in [0.3, 0.4) is 0 Å². The molecule has 0 fully saturated rings. The van der Waals surface area contributed by atoms with Crippen LogP contribution in [-0.4, -0.2) is 22.8 Å². The lowest BCUT2D eigenvalue weighted by molar-refractivity contribution is -0.142. The highest BCUT2D eigenvalue weighted by Crippen LogP contribution is 2.20. The Balaban J connectivity index is 2.71. The lowest BCUT2D eigenvalue weighted by atomic mass is 10.1. The van der Waals surface area contributed by atoms with E-state index in [-0.39, 0.29) is 23.9 Å². The summed E-state index contributed by atoms with van der Waals surface area (Å²) in [5, 5.41) is 18.2. The first-order valence-corrected chi connectivity index (χ1v) is 4.29. The number of ether oxygens (including phenoxy) is 1. The fourth-order valence-electron chi connectivity index (χ4n) is 1.14. The van der Waals surface area contributed by atoms with Gasteiger partial charge < -0.3 is 14.9 Å². The van der Waals surface area contributed by atoms with Gasteiger partial charge in [-0.3, -0.25) is 4.79 Å². The third kappa shape index (κ3) is 2.97. The molecule has 76 valence electrons. The molecule has 2 N–H and O–H groups in total. The standard InChI is InChI=1S/C10H12O4/c1-2-14-10(13)5-7-3-8(11)6-9(12)4-7/h3-4,6,11-12H,2,5H2,1H3. The van der Waals surface area contributed by atoms with Crippen LogP contribution in [0.4, 0.5) is 0 Å². The van der Waals surface area contributed by atoms with Gasteiger partial charge in [-0.25, -0.2) is 0 Å². The molecule has 1 aromatic carbocycles. The number of aromatic hydroxyl groups is 2. The van der Waals surface area contributed by atoms with Crippen LogP contribution >= 0.6 is 0 Å². The quantitative estimate of drug-likeness (QED) is 0.713. The van der Waals surface area contributed by atoms with Crippen molar-refractivity contribution in [3.63, 3.8) is 0 Å². The highest BCUT2D eigenvalue weighted by Gasteiger charge is 2.05. The van der Waals surface area contributed by atoms with Crippen LogP contribution in [0.2, 0.25) is 0 Å². The number of phenolic OH excluding ortho intramolecular Hbond substituents is 2. The SMILES string of the molecule is CCOC(=O)Cc1cc(O)cc(O)c1. The molecule has 0 bridgehead atoms. The minimum Gasteiger partial charge on any atom is -0.508 e. The van der Waals surface area contributed by atoms with Crippen molar-refractivity contribution in [1.82, 2.24) is 0 Å². The lowest BCUT2D eigenvalue weighted by Gasteiger charge is -2.03. The van der Waals surface area contributed by atoms with E-state index in [4.69, 9.17) is 14.9 Å². The third-order valence-corrected chi connectivity index (χ3v) is 1.62. The van der Waals surface area contributed by atoms with Gasteiger partial charge in [0.25, 0.3) is 0 Å². The van der Waals surface area contributed by atoms with Crippen LogP contribution in [0.15, 0.2) is 18.2 Å². The highest BCUT2D eigenvalue weighted by atomic mass is 16.5. The maximum atomic E-state index is 11.0. The molecular formula is C10H12O4. The number of rotatable bonds is 3. The summed E-state index contributed by atoms with van der Waals surface area (Å²) in [6.45, 7) is 2.04. The van der Waals surface area contributed by atoms with E-state index < -0.39 is 0 Å². The van der Waals surface area contributed by atoms with Crippen molar-refractivity contribution in [3.05, 3.63) is 23.8 Å². The van der Waals surface area contributed by atoms with E-state index in [1.165, 1.54) is 18.2 Å². The fraction of sp³-hybridized carbons (Fsp3) is 0.300. The molecule has 0 unspecified atom stereocenters. The summed E-state index contributed by atoms with van der Waals surface area (Å²) in [4.78, 5) is 11.0. The van der Waals surface area contributed by atoms with Gasteiger partial charge >= 0.3 is 5.97 Å². The van der Waals surface area contributed by atoms with Crippen molar-refractivity contribution in [2.24, 2.45) is 0 Å². The Bertz CT molecular complexity index is 313. The van der Waals surface area contributed by atoms with Crippen molar-refractivity contribution < 1.29 is 19.7 Å². The molecule has 0 aliphatic rings. The molecule has 0 spiro atoms. The summed E-state index contributed by atoms with van der Waals surface area (Å²) in [5.41, 5.74) is 0.529. The van der Waals surface area contributed by atoms with E-state index >= 15 is 0 Å². The Morgan fingerprint density at radius 2 is 1.86 bits per heavy atom. The number of carbonyl (C=O) groups is 1. The van der Waals surface area contributed by atoms with Gasteiger partial charge in [0, 0.05) is 6.07 Å². The number of carbonyl (C=O) groups excluding carboxylic acids is 1. The van der Waals surface area contributed by atoms with Gasteiger partial charge in [0.1, 0.15) is 11.5 Å². The molecule has 1 rings (SSSR count). The first-order chi connectivity index (χ1) is 6.61. The molecular weight excluding hydrogens is 184 g/mol. The topological polar surface area (TPSA) is 66.8 Å². The molecule has 1 aromatic rings. The molecule has 0 radical (unpaired) electrons. The lowest BCUT2D eigenvalue weighted by Crippen LogP contribution is -2.07. The van der Waals surface area contributed by atoms with Crippen LogP contribution in [-0.2, 0) is 16.0 Å². The summed E-state index contributed by atoms with van der Waals surface area (Å²) in [7, 11) is 0. The molecule has 0 saturated carbocycles. The first kappa shape index (κ1) is 10.4. The van der Waals surface area contributed by atoms with E-state index in [0.29, 0.717) is 12.2 Å². The Hall–Kier alpha value is -1.71. The molecule has 0 amide bonds. The van der Waals surface area contributed by atoms with E-state index in [1.807, 2.05) is 0 Å². The molecule has 0 atom stereocenters. The first-order valence-electron chi connectivity index (χ1n) is 4.29. The number of esters is 1. The smallest absolute Gasteiger partial charge is 0.310 e. The Morgan fingerprint density at radius 3 is 2.36 bits per heavy atom. The van der Waals surface area contributed by atoms with Gasteiger partial charge in [-0.2, -0.15) is 0 Å². The van der Waals surface area contributed by atoms with Gasteiger partial charge in [0.15, 0.2) is 0 Å². The molecule has 0 aromatic heterocycles. The summed E-state index contributed by atoms with van der Waals surface area (Å²) in [6.07, 6.45) is 0.0514. The predicted octanol–water partition coefficient (Wildman–Crippen LogP) is 1.20. The van der Waals surface area contributed by atoms with Crippen molar-refractivity contribution in [2.45, 2.75) is 13.3 Å². The van der Waals surface area contributed by atoms with Crippen molar-refractivity contribution in [3.8, 4) is 11.5 Å². The van der Waals surface area contributed by atoms with Gasteiger partial charge in [-0.1, -0.05) is 0 Å². The monoisotopic (exact) mass is 196 g/mol. The molecule has 0 heterocycles. The second kappa shape index (κ2) is 4.50. The maximum Gasteiger partial charge on any atom is 0.310 e. The second-order valence-electron chi connectivity index (χ2n) is 2.84. The number of benzene rings is 1. The van der Waals surface area contributed by atoms with Gasteiger partial charge in [-0.05, 0) is 24.6 Å². The average Bonchev–Trinajstić information content (AvgIpc) is 2.01. The minimum absolute atomic E-state index is 0.0514. The number of phenols is 2. The third-order valence-electron chi connectivity index (χ3n) is 1.62. The zero-order valence-electron chi connectivity index (χ0n) is 7.86. The van der Waals surface area contributed by atoms with Crippen molar-refractivity contribution >= 4 is 5.97 Å². The molecule has 4 nitrogen and oxygen atoms in total. The van der Waals surface area contributed by atoms with E-state index in [9.17, 15) is 4.79 Å². The normalized spacial score (nSPS) is 9.79.